The first-order chi connectivity index (χ1) is 15.0. The topological polar surface area (TPSA) is 86.7 Å². The second-order valence-electron chi connectivity index (χ2n) is 8.86. The third kappa shape index (κ3) is 4.89. The van der Waals surface area contributed by atoms with Crippen molar-refractivity contribution in [3.63, 3.8) is 0 Å². The van der Waals surface area contributed by atoms with Crippen LogP contribution in [-0.4, -0.2) is 46.4 Å². The second-order valence-corrected chi connectivity index (χ2v) is 8.86. The van der Waals surface area contributed by atoms with Crippen LogP contribution in [0.3, 0.4) is 0 Å². The van der Waals surface area contributed by atoms with Crippen LogP contribution >= 0.6 is 0 Å². The molecule has 1 aliphatic carbocycles. The zero-order chi connectivity index (χ0) is 21.8. The molecule has 164 valence electrons. The Morgan fingerprint density at radius 2 is 1.71 bits per heavy atom. The van der Waals surface area contributed by atoms with Gasteiger partial charge in [-0.05, 0) is 48.1 Å². The van der Waals surface area contributed by atoms with Crippen LogP contribution in [0.2, 0.25) is 0 Å². The molecule has 0 bridgehead atoms. The lowest BCUT2D eigenvalue weighted by molar-refractivity contribution is -0.149. The fourth-order valence-electron chi connectivity index (χ4n) is 5.04. The number of carboxylic acid groups (broad SMARTS) is 1. The fraction of sp³-hybridized carbons (Fsp3) is 0.480. The fourth-order valence-corrected chi connectivity index (χ4v) is 5.04. The highest BCUT2D eigenvalue weighted by molar-refractivity contribution is 6.01. The third-order valence-electron chi connectivity index (χ3n) is 6.73. The summed E-state index contributed by atoms with van der Waals surface area (Å²) in [6, 6.07) is 11.9. The van der Waals surface area contributed by atoms with E-state index in [1.807, 2.05) is 36.4 Å². The van der Waals surface area contributed by atoms with Gasteiger partial charge in [-0.25, -0.2) is 4.79 Å². The normalized spacial score (nSPS) is 20.5. The molecular weight excluding hydrogens is 392 g/mol. The molecule has 6 heteroatoms. The molecular formula is C25H30N2O4. The van der Waals surface area contributed by atoms with Crippen LogP contribution in [0.1, 0.15) is 61.7 Å². The Hall–Kier alpha value is -2.89. The lowest BCUT2D eigenvalue weighted by Gasteiger charge is -2.31. The number of aliphatic carboxylic acids is 1. The van der Waals surface area contributed by atoms with Gasteiger partial charge in [-0.3, -0.25) is 9.59 Å². The quantitative estimate of drug-likeness (QED) is 0.737. The van der Waals surface area contributed by atoms with E-state index in [1.54, 1.807) is 6.07 Å². The summed E-state index contributed by atoms with van der Waals surface area (Å²) in [5.41, 5.74) is 0.511. The van der Waals surface area contributed by atoms with Crippen LogP contribution in [-0.2, 0) is 9.59 Å². The number of hydrogen-bond donors (Lipinski definition) is 2. The van der Waals surface area contributed by atoms with Gasteiger partial charge in [0.15, 0.2) is 0 Å². The van der Waals surface area contributed by atoms with E-state index < -0.39 is 18.1 Å². The Balaban J connectivity index is 1.54. The number of amides is 2. The van der Waals surface area contributed by atoms with E-state index in [0.29, 0.717) is 37.3 Å². The lowest BCUT2D eigenvalue weighted by Crippen LogP contribution is -2.52. The number of nitrogens with zero attached hydrogens (tertiary/aromatic N) is 1. The first-order valence-electron chi connectivity index (χ1n) is 11.4. The Labute approximate surface area is 182 Å². The minimum Gasteiger partial charge on any atom is -0.480 e. The Bertz CT molecular complexity index is 967. The van der Waals surface area contributed by atoms with E-state index in [9.17, 15) is 19.5 Å². The van der Waals surface area contributed by atoms with Gasteiger partial charge in [0.05, 0.1) is 0 Å². The Morgan fingerprint density at radius 1 is 0.968 bits per heavy atom. The molecule has 2 fully saturated rings. The number of benzene rings is 2. The van der Waals surface area contributed by atoms with E-state index >= 15 is 0 Å². The molecule has 2 amide bonds. The molecule has 1 saturated heterocycles. The van der Waals surface area contributed by atoms with E-state index in [0.717, 1.165) is 36.5 Å². The van der Waals surface area contributed by atoms with Crippen LogP contribution in [0, 0.1) is 5.92 Å². The molecule has 1 saturated carbocycles. The molecule has 2 atom stereocenters. The summed E-state index contributed by atoms with van der Waals surface area (Å²) in [7, 11) is 0. The molecule has 2 aromatic rings. The van der Waals surface area contributed by atoms with Crippen LogP contribution in [0.5, 0.6) is 0 Å². The lowest BCUT2D eigenvalue weighted by atomic mass is 9.84. The summed E-state index contributed by atoms with van der Waals surface area (Å²) < 4.78 is 0. The maximum absolute atomic E-state index is 13.4. The molecule has 2 aromatic carbocycles. The van der Waals surface area contributed by atoms with Crippen LogP contribution in [0.25, 0.3) is 10.8 Å². The average molecular weight is 423 g/mol. The summed E-state index contributed by atoms with van der Waals surface area (Å²) in [6.45, 7) is 0.433. The molecule has 1 unspecified atom stereocenters. The molecule has 1 heterocycles. The van der Waals surface area contributed by atoms with Gasteiger partial charge in [-0.15, -0.1) is 0 Å². The number of fused-ring (bicyclic) bond motifs is 1. The molecule has 4 rings (SSSR count). The Kier molecular flexibility index (Phi) is 6.54. The standard InChI is InChI=1S/C25H30N2O4/c28-23(20-13-12-18-9-4-5-10-19(18)16-20)26-21(15-17-7-2-1-3-8-17)24(29)27-14-6-11-22(27)25(30)31/h4-5,9-10,12-13,16-17,21-22H,1-3,6-8,11,14-15H2,(H,26,28)(H,30,31)/t21?,22-/m0/s1. The van der Waals surface area contributed by atoms with E-state index in [2.05, 4.69) is 5.32 Å². The molecule has 0 spiro atoms. The second kappa shape index (κ2) is 9.50. The van der Waals surface area contributed by atoms with Crippen molar-refractivity contribution in [3.05, 3.63) is 48.0 Å². The number of rotatable bonds is 6. The van der Waals surface area contributed by atoms with Gasteiger partial charge in [0.25, 0.3) is 5.91 Å². The van der Waals surface area contributed by atoms with Crippen LogP contribution < -0.4 is 5.32 Å². The number of likely N-dealkylation sites (tertiary alicyclic amines) is 1. The van der Waals surface area contributed by atoms with Crippen LogP contribution in [0.15, 0.2) is 42.5 Å². The zero-order valence-electron chi connectivity index (χ0n) is 17.8. The smallest absolute Gasteiger partial charge is 0.326 e. The predicted octanol–water partition coefficient (Wildman–Crippen LogP) is 3.98. The first-order valence-corrected chi connectivity index (χ1v) is 11.4. The molecule has 0 aromatic heterocycles. The number of nitrogens with one attached hydrogen (secondary N) is 1. The molecule has 6 nitrogen and oxygen atoms in total. The highest BCUT2D eigenvalue weighted by atomic mass is 16.4. The van der Waals surface area contributed by atoms with E-state index in [-0.39, 0.29) is 11.8 Å². The molecule has 31 heavy (non-hydrogen) atoms. The number of carboxylic acids is 1. The summed E-state index contributed by atoms with van der Waals surface area (Å²) >= 11 is 0. The van der Waals surface area contributed by atoms with Gasteiger partial charge in [-0.1, -0.05) is 62.4 Å². The minimum absolute atomic E-state index is 0.260. The van der Waals surface area contributed by atoms with Gasteiger partial charge < -0.3 is 15.3 Å². The molecule has 0 radical (unpaired) electrons. The molecule has 2 aliphatic rings. The van der Waals surface area contributed by atoms with Gasteiger partial charge in [-0.2, -0.15) is 0 Å². The van der Waals surface area contributed by atoms with Crippen molar-refractivity contribution in [1.82, 2.24) is 10.2 Å². The van der Waals surface area contributed by atoms with E-state index in [4.69, 9.17) is 0 Å². The van der Waals surface area contributed by atoms with E-state index in [1.165, 1.54) is 11.3 Å². The summed E-state index contributed by atoms with van der Waals surface area (Å²) in [5.74, 6) is -1.13. The summed E-state index contributed by atoms with van der Waals surface area (Å²) in [4.78, 5) is 39.5. The monoisotopic (exact) mass is 422 g/mol. The van der Waals surface area contributed by atoms with Gasteiger partial charge in [0, 0.05) is 12.1 Å². The van der Waals surface area contributed by atoms with Gasteiger partial charge in [0.1, 0.15) is 12.1 Å². The number of carbonyl (C=O) groups excluding carboxylic acids is 2. The largest absolute Gasteiger partial charge is 0.480 e. The van der Waals surface area contributed by atoms with Gasteiger partial charge >= 0.3 is 5.97 Å². The van der Waals surface area contributed by atoms with Crippen molar-refractivity contribution in [2.75, 3.05) is 6.54 Å². The van der Waals surface area contributed by atoms with Crippen molar-refractivity contribution >= 4 is 28.6 Å². The van der Waals surface area contributed by atoms with Crippen molar-refractivity contribution in [2.24, 2.45) is 5.92 Å². The molecule has 2 N–H and O–H groups in total. The van der Waals surface area contributed by atoms with Crippen LogP contribution in [0.4, 0.5) is 0 Å². The van der Waals surface area contributed by atoms with Crippen molar-refractivity contribution in [2.45, 2.75) is 63.5 Å². The Morgan fingerprint density at radius 3 is 2.45 bits per heavy atom. The van der Waals surface area contributed by atoms with Crippen molar-refractivity contribution in [1.29, 1.82) is 0 Å². The minimum atomic E-state index is -0.969. The average Bonchev–Trinajstić information content (AvgIpc) is 3.29. The molecule has 1 aliphatic heterocycles. The highest BCUT2D eigenvalue weighted by Crippen LogP contribution is 2.29. The number of hydrogen-bond acceptors (Lipinski definition) is 3. The summed E-state index contributed by atoms with van der Waals surface area (Å²) in [5, 5.41) is 14.5. The first kappa shape index (κ1) is 21.3. The van der Waals surface area contributed by atoms with Crippen molar-refractivity contribution in [3.8, 4) is 0 Å². The van der Waals surface area contributed by atoms with Gasteiger partial charge in [0.2, 0.25) is 5.91 Å². The SMILES string of the molecule is O=C(NC(CC1CCCCC1)C(=O)N1CCC[C@H]1C(=O)O)c1ccc2ccccc2c1. The highest BCUT2D eigenvalue weighted by Gasteiger charge is 2.38. The third-order valence-corrected chi connectivity index (χ3v) is 6.73. The van der Waals surface area contributed by atoms with Crippen molar-refractivity contribution < 1.29 is 19.5 Å². The summed E-state index contributed by atoms with van der Waals surface area (Å²) in [6.07, 6.45) is 7.33. The zero-order valence-corrected chi connectivity index (χ0v) is 17.8. The predicted molar refractivity (Wildman–Crippen MR) is 119 cm³/mol. The maximum Gasteiger partial charge on any atom is 0.326 e. The number of carbonyl (C=O) groups is 3. The maximum atomic E-state index is 13.4.